The lowest BCUT2D eigenvalue weighted by molar-refractivity contribution is -0.141. The summed E-state index contributed by atoms with van der Waals surface area (Å²) < 4.78 is 0. The number of hydrogen-bond donors (Lipinski definition) is 4. The lowest BCUT2D eigenvalue weighted by Gasteiger charge is -2.18. The van der Waals surface area contributed by atoms with Gasteiger partial charge in [0.1, 0.15) is 11.8 Å². The summed E-state index contributed by atoms with van der Waals surface area (Å²) in [7, 11) is 0. The van der Waals surface area contributed by atoms with E-state index in [9.17, 15) is 19.8 Å². The number of nitrogens with one attached hydrogen (secondary N) is 1. The van der Waals surface area contributed by atoms with Gasteiger partial charge in [0, 0.05) is 6.42 Å². The van der Waals surface area contributed by atoms with Gasteiger partial charge < -0.3 is 21.3 Å². The summed E-state index contributed by atoms with van der Waals surface area (Å²) in [4.78, 5) is 23.7. The molecule has 0 spiro atoms. The molecule has 132 valence electrons. The molecule has 0 unspecified atom stereocenters. The average molecular weight is 342 g/mol. The summed E-state index contributed by atoms with van der Waals surface area (Å²) in [5.74, 6) is -1.50. The highest BCUT2D eigenvalue weighted by Crippen LogP contribution is 2.11. The van der Waals surface area contributed by atoms with Crippen LogP contribution in [0.5, 0.6) is 5.75 Å². The predicted molar refractivity (Wildman–Crippen MR) is 94.2 cm³/mol. The topological polar surface area (TPSA) is 113 Å². The van der Waals surface area contributed by atoms with Gasteiger partial charge in [-0.2, -0.15) is 0 Å². The van der Waals surface area contributed by atoms with E-state index in [1.165, 1.54) is 12.1 Å². The Labute approximate surface area is 146 Å². The highest BCUT2D eigenvalue weighted by Gasteiger charge is 2.23. The molecule has 2 aromatic carbocycles. The summed E-state index contributed by atoms with van der Waals surface area (Å²) in [5, 5.41) is 21.1. The largest absolute Gasteiger partial charge is 0.508 e. The van der Waals surface area contributed by atoms with Crippen molar-refractivity contribution in [3.8, 4) is 5.75 Å². The molecular formula is C19H22N2O4. The third-order valence-electron chi connectivity index (χ3n) is 3.90. The molecule has 0 aromatic heterocycles. The van der Waals surface area contributed by atoms with E-state index in [1.807, 2.05) is 31.2 Å². The highest BCUT2D eigenvalue weighted by atomic mass is 16.4. The van der Waals surface area contributed by atoms with Crippen molar-refractivity contribution >= 4 is 11.9 Å². The number of carbonyl (C=O) groups is 2. The lowest BCUT2D eigenvalue weighted by Crippen LogP contribution is -2.50. The Kier molecular flexibility index (Phi) is 6.14. The molecule has 0 saturated heterocycles. The molecule has 0 fully saturated rings. The fourth-order valence-corrected chi connectivity index (χ4v) is 2.42. The highest BCUT2D eigenvalue weighted by molar-refractivity contribution is 5.87. The number of aryl methyl sites for hydroxylation is 1. The Morgan fingerprint density at radius 1 is 1.00 bits per heavy atom. The number of aliphatic carboxylic acids is 1. The molecule has 6 nitrogen and oxygen atoms in total. The van der Waals surface area contributed by atoms with Crippen molar-refractivity contribution in [1.82, 2.24) is 5.32 Å². The molecule has 2 aromatic rings. The Bertz CT molecular complexity index is 726. The summed E-state index contributed by atoms with van der Waals surface area (Å²) >= 11 is 0. The standard InChI is InChI=1S/C19H22N2O4/c1-12-2-4-14(5-3-12)11-17(19(24)25)21-18(23)16(20)10-13-6-8-15(22)9-7-13/h2-9,16-17,22H,10-11,20H2,1H3,(H,21,23)(H,24,25)/t16-,17-/m0/s1. The van der Waals surface area contributed by atoms with Gasteiger partial charge in [0.25, 0.3) is 0 Å². The summed E-state index contributed by atoms with van der Waals surface area (Å²) in [5.41, 5.74) is 8.57. The molecule has 2 rings (SSSR count). The van der Waals surface area contributed by atoms with Crippen molar-refractivity contribution in [2.45, 2.75) is 31.8 Å². The molecule has 0 saturated carbocycles. The van der Waals surface area contributed by atoms with Crippen LogP contribution in [-0.4, -0.2) is 34.2 Å². The Morgan fingerprint density at radius 3 is 2.08 bits per heavy atom. The van der Waals surface area contributed by atoms with Gasteiger partial charge in [-0.25, -0.2) is 4.79 Å². The fourth-order valence-electron chi connectivity index (χ4n) is 2.42. The van der Waals surface area contributed by atoms with Gasteiger partial charge in [-0.05, 0) is 36.6 Å². The Balaban J connectivity index is 1.97. The number of carboxylic acid groups (broad SMARTS) is 1. The Hall–Kier alpha value is -2.86. The van der Waals surface area contributed by atoms with Crippen LogP contribution in [0.3, 0.4) is 0 Å². The van der Waals surface area contributed by atoms with Crippen LogP contribution in [0, 0.1) is 6.92 Å². The van der Waals surface area contributed by atoms with Crippen LogP contribution in [0.1, 0.15) is 16.7 Å². The number of carboxylic acids is 1. The number of benzene rings is 2. The number of phenolic OH excluding ortho intramolecular Hbond substituents is 1. The zero-order chi connectivity index (χ0) is 18.4. The number of nitrogens with two attached hydrogens (primary N) is 1. The molecule has 5 N–H and O–H groups in total. The molecule has 2 atom stereocenters. The molecular weight excluding hydrogens is 320 g/mol. The first-order chi connectivity index (χ1) is 11.8. The normalized spacial score (nSPS) is 13.0. The van der Waals surface area contributed by atoms with E-state index in [2.05, 4.69) is 5.32 Å². The second-order valence-corrected chi connectivity index (χ2v) is 6.07. The first-order valence-electron chi connectivity index (χ1n) is 7.97. The third-order valence-corrected chi connectivity index (χ3v) is 3.90. The molecule has 0 bridgehead atoms. The average Bonchev–Trinajstić information content (AvgIpc) is 2.58. The molecule has 0 heterocycles. The zero-order valence-corrected chi connectivity index (χ0v) is 14.0. The summed E-state index contributed by atoms with van der Waals surface area (Å²) in [6, 6.07) is 11.9. The van der Waals surface area contributed by atoms with Crippen molar-refractivity contribution in [3.63, 3.8) is 0 Å². The minimum absolute atomic E-state index is 0.130. The van der Waals surface area contributed by atoms with Gasteiger partial charge in [-0.15, -0.1) is 0 Å². The van der Waals surface area contributed by atoms with Crippen LogP contribution in [0.25, 0.3) is 0 Å². The molecule has 0 aliphatic carbocycles. The number of phenols is 1. The van der Waals surface area contributed by atoms with Gasteiger partial charge in [0.2, 0.25) is 5.91 Å². The van der Waals surface area contributed by atoms with Crippen molar-refractivity contribution in [1.29, 1.82) is 0 Å². The SMILES string of the molecule is Cc1ccc(C[C@H](NC(=O)[C@@H](N)Cc2ccc(O)cc2)C(=O)O)cc1. The monoisotopic (exact) mass is 342 g/mol. The van der Waals surface area contributed by atoms with Crippen molar-refractivity contribution in [3.05, 3.63) is 65.2 Å². The van der Waals surface area contributed by atoms with Crippen LogP contribution in [-0.2, 0) is 22.4 Å². The minimum atomic E-state index is -1.11. The maximum absolute atomic E-state index is 12.2. The smallest absolute Gasteiger partial charge is 0.326 e. The van der Waals surface area contributed by atoms with Gasteiger partial charge in [-0.3, -0.25) is 4.79 Å². The van der Waals surface area contributed by atoms with Crippen LogP contribution < -0.4 is 11.1 Å². The van der Waals surface area contributed by atoms with Gasteiger partial charge >= 0.3 is 5.97 Å². The maximum atomic E-state index is 12.2. The second kappa shape index (κ2) is 8.30. The number of aromatic hydroxyl groups is 1. The second-order valence-electron chi connectivity index (χ2n) is 6.07. The van der Waals surface area contributed by atoms with E-state index >= 15 is 0 Å². The van der Waals surface area contributed by atoms with E-state index in [1.54, 1.807) is 12.1 Å². The number of rotatable bonds is 7. The lowest BCUT2D eigenvalue weighted by atomic mass is 10.0. The van der Waals surface area contributed by atoms with E-state index in [0.29, 0.717) is 0 Å². The van der Waals surface area contributed by atoms with Crippen LogP contribution in [0.2, 0.25) is 0 Å². The van der Waals surface area contributed by atoms with Gasteiger partial charge in [0.05, 0.1) is 6.04 Å². The van der Waals surface area contributed by atoms with Crippen LogP contribution in [0.15, 0.2) is 48.5 Å². The first kappa shape index (κ1) is 18.5. The van der Waals surface area contributed by atoms with E-state index in [0.717, 1.165) is 16.7 Å². The van der Waals surface area contributed by atoms with Crippen LogP contribution >= 0.6 is 0 Å². The summed E-state index contributed by atoms with van der Waals surface area (Å²) in [6.45, 7) is 1.95. The maximum Gasteiger partial charge on any atom is 0.326 e. The molecule has 25 heavy (non-hydrogen) atoms. The van der Waals surface area contributed by atoms with Crippen molar-refractivity contribution in [2.75, 3.05) is 0 Å². The van der Waals surface area contributed by atoms with Crippen molar-refractivity contribution < 1.29 is 19.8 Å². The minimum Gasteiger partial charge on any atom is -0.508 e. The number of carbonyl (C=O) groups excluding carboxylic acids is 1. The molecule has 0 radical (unpaired) electrons. The third kappa shape index (κ3) is 5.61. The van der Waals surface area contributed by atoms with E-state index in [-0.39, 0.29) is 18.6 Å². The van der Waals surface area contributed by atoms with E-state index < -0.39 is 24.0 Å². The van der Waals surface area contributed by atoms with Crippen molar-refractivity contribution in [2.24, 2.45) is 5.73 Å². The van der Waals surface area contributed by atoms with Gasteiger partial charge in [0.15, 0.2) is 0 Å². The predicted octanol–water partition coefficient (Wildman–Crippen LogP) is 1.38. The number of amides is 1. The van der Waals surface area contributed by atoms with Gasteiger partial charge in [-0.1, -0.05) is 42.0 Å². The molecule has 0 aliphatic heterocycles. The van der Waals surface area contributed by atoms with E-state index in [4.69, 9.17) is 5.73 Å². The Morgan fingerprint density at radius 2 is 1.52 bits per heavy atom. The van der Waals surface area contributed by atoms with Crippen LogP contribution in [0.4, 0.5) is 0 Å². The zero-order valence-electron chi connectivity index (χ0n) is 14.0. The molecule has 0 aliphatic rings. The number of hydrogen-bond acceptors (Lipinski definition) is 4. The quantitative estimate of drug-likeness (QED) is 0.607. The molecule has 6 heteroatoms. The summed E-state index contributed by atoms with van der Waals surface area (Å²) in [6.07, 6.45) is 0.441. The fraction of sp³-hybridized carbons (Fsp3) is 0.263. The molecule has 1 amide bonds. The first-order valence-corrected chi connectivity index (χ1v) is 7.97.